The van der Waals surface area contributed by atoms with Gasteiger partial charge in [0.15, 0.2) is 6.61 Å². The van der Waals surface area contributed by atoms with Crippen molar-refractivity contribution >= 4 is 5.91 Å². The maximum Gasteiger partial charge on any atom is 0.258 e. The molecule has 2 N–H and O–H groups in total. The molecule has 1 rings (SSSR count). The molecule has 0 atom stereocenters. The van der Waals surface area contributed by atoms with Gasteiger partial charge >= 0.3 is 0 Å². The first kappa shape index (κ1) is 16.2. The van der Waals surface area contributed by atoms with Crippen LogP contribution in [0, 0.1) is 6.92 Å². The van der Waals surface area contributed by atoms with Crippen molar-refractivity contribution in [3.05, 3.63) is 42.0 Å². The zero-order valence-electron chi connectivity index (χ0n) is 12.5. The molecule has 0 bridgehead atoms. The van der Waals surface area contributed by atoms with E-state index in [1.165, 1.54) is 0 Å². The Bertz CT molecular complexity index is 456. The maximum atomic E-state index is 11.6. The van der Waals surface area contributed by atoms with Gasteiger partial charge in [-0.15, -0.1) is 6.58 Å². The summed E-state index contributed by atoms with van der Waals surface area (Å²) in [7, 11) is 0. The molecule has 20 heavy (non-hydrogen) atoms. The lowest BCUT2D eigenvalue weighted by Gasteiger charge is -2.15. The third-order valence-corrected chi connectivity index (χ3v) is 2.79. The molecule has 0 aliphatic heterocycles. The van der Waals surface area contributed by atoms with E-state index < -0.39 is 0 Å². The standard InChI is InChI=1S/C16H24N2O2/c1-5-9-17-15(19)11-20-16-13(4)7-6-8-14(16)10-18-12(2)3/h5-8,12,18H,1,9-11H2,2-4H3,(H,17,19). The third kappa shape index (κ3) is 5.45. The maximum absolute atomic E-state index is 11.6. The zero-order valence-corrected chi connectivity index (χ0v) is 12.5. The average molecular weight is 276 g/mol. The highest BCUT2D eigenvalue weighted by molar-refractivity contribution is 5.77. The van der Waals surface area contributed by atoms with E-state index in [4.69, 9.17) is 4.74 Å². The number of carbonyl (C=O) groups is 1. The summed E-state index contributed by atoms with van der Waals surface area (Å²) in [5.74, 6) is 0.644. The Hall–Kier alpha value is -1.81. The largest absolute Gasteiger partial charge is 0.483 e. The molecule has 0 saturated heterocycles. The van der Waals surface area contributed by atoms with Crippen LogP contribution in [0.1, 0.15) is 25.0 Å². The van der Waals surface area contributed by atoms with E-state index >= 15 is 0 Å². The van der Waals surface area contributed by atoms with Gasteiger partial charge in [0.2, 0.25) is 0 Å². The molecule has 0 aliphatic rings. The number of carbonyl (C=O) groups excluding carboxylic acids is 1. The first-order valence-corrected chi connectivity index (χ1v) is 6.87. The lowest BCUT2D eigenvalue weighted by Crippen LogP contribution is -2.29. The summed E-state index contributed by atoms with van der Waals surface area (Å²) < 4.78 is 5.67. The Morgan fingerprint density at radius 1 is 1.45 bits per heavy atom. The monoisotopic (exact) mass is 276 g/mol. The molecule has 4 nitrogen and oxygen atoms in total. The first-order valence-electron chi connectivity index (χ1n) is 6.87. The Kier molecular flexibility index (Phi) is 6.81. The van der Waals surface area contributed by atoms with E-state index in [0.29, 0.717) is 12.6 Å². The van der Waals surface area contributed by atoms with Gasteiger partial charge in [-0.25, -0.2) is 0 Å². The van der Waals surface area contributed by atoms with Gasteiger partial charge in [-0.3, -0.25) is 4.79 Å². The van der Waals surface area contributed by atoms with Crippen LogP contribution in [0.15, 0.2) is 30.9 Å². The Morgan fingerprint density at radius 3 is 2.85 bits per heavy atom. The number of para-hydroxylation sites is 1. The second kappa shape index (κ2) is 8.38. The second-order valence-electron chi connectivity index (χ2n) is 4.98. The number of aryl methyl sites for hydroxylation is 1. The van der Waals surface area contributed by atoms with Crippen molar-refractivity contribution < 1.29 is 9.53 Å². The molecular weight excluding hydrogens is 252 g/mol. The number of amides is 1. The van der Waals surface area contributed by atoms with E-state index in [1.54, 1.807) is 6.08 Å². The molecule has 4 heteroatoms. The number of rotatable bonds is 8. The fourth-order valence-electron chi connectivity index (χ4n) is 1.75. The van der Waals surface area contributed by atoms with Crippen LogP contribution in [-0.4, -0.2) is 25.1 Å². The Morgan fingerprint density at radius 2 is 2.20 bits per heavy atom. The fourth-order valence-corrected chi connectivity index (χ4v) is 1.75. The number of nitrogens with one attached hydrogen (secondary N) is 2. The van der Waals surface area contributed by atoms with Crippen molar-refractivity contribution in [3.63, 3.8) is 0 Å². The second-order valence-corrected chi connectivity index (χ2v) is 4.98. The summed E-state index contributed by atoms with van der Waals surface area (Å²) in [6, 6.07) is 6.39. The van der Waals surface area contributed by atoms with Gasteiger partial charge in [-0.1, -0.05) is 38.1 Å². The van der Waals surface area contributed by atoms with Gasteiger partial charge in [-0.2, -0.15) is 0 Å². The summed E-state index contributed by atoms with van der Waals surface area (Å²) in [6.45, 7) is 10.9. The highest BCUT2D eigenvalue weighted by atomic mass is 16.5. The molecular formula is C16H24N2O2. The van der Waals surface area contributed by atoms with Crippen molar-refractivity contribution in [1.29, 1.82) is 0 Å². The molecule has 110 valence electrons. The summed E-state index contributed by atoms with van der Waals surface area (Å²) >= 11 is 0. The lowest BCUT2D eigenvalue weighted by atomic mass is 10.1. The zero-order chi connectivity index (χ0) is 15.0. The topological polar surface area (TPSA) is 50.4 Å². The van der Waals surface area contributed by atoms with Gasteiger partial charge in [0.25, 0.3) is 5.91 Å². The SMILES string of the molecule is C=CCNC(=O)COc1c(C)cccc1CNC(C)C. The summed E-state index contributed by atoms with van der Waals surface area (Å²) in [4.78, 5) is 11.6. The van der Waals surface area contributed by atoms with Gasteiger partial charge in [-0.05, 0) is 12.5 Å². The van der Waals surface area contributed by atoms with Crippen molar-refractivity contribution in [2.75, 3.05) is 13.2 Å². The Labute approximate surface area is 121 Å². The van der Waals surface area contributed by atoms with E-state index in [1.807, 2.05) is 25.1 Å². The molecule has 0 heterocycles. The van der Waals surface area contributed by atoms with Gasteiger partial charge in [0, 0.05) is 24.7 Å². The molecule has 0 spiro atoms. The van der Waals surface area contributed by atoms with E-state index in [2.05, 4.69) is 31.1 Å². The normalized spacial score (nSPS) is 10.4. The van der Waals surface area contributed by atoms with Crippen LogP contribution < -0.4 is 15.4 Å². The molecule has 0 fully saturated rings. The predicted molar refractivity (Wildman–Crippen MR) is 81.9 cm³/mol. The molecule has 0 unspecified atom stereocenters. The average Bonchev–Trinajstić information content (AvgIpc) is 2.41. The van der Waals surface area contributed by atoms with Crippen LogP contribution in [0.3, 0.4) is 0 Å². The minimum Gasteiger partial charge on any atom is -0.483 e. The third-order valence-electron chi connectivity index (χ3n) is 2.79. The summed E-state index contributed by atoms with van der Waals surface area (Å²) in [5.41, 5.74) is 2.10. The van der Waals surface area contributed by atoms with Crippen LogP contribution in [0.5, 0.6) is 5.75 Å². The number of ether oxygens (including phenoxy) is 1. The highest BCUT2D eigenvalue weighted by Gasteiger charge is 2.09. The Balaban J connectivity index is 2.67. The summed E-state index contributed by atoms with van der Waals surface area (Å²) in [6.07, 6.45) is 1.64. The molecule has 1 amide bonds. The van der Waals surface area contributed by atoms with Crippen molar-refractivity contribution in [1.82, 2.24) is 10.6 Å². The van der Waals surface area contributed by atoms with E-state index in [9.17, 15) is 4.79 Å². The molecule has 1 aromatic carbocycles. The molecule has 0 aliphatic carbocycles. The van der Waals surface area contributed by atoms with Crippen LogP contribution in [0.2, 0.25) is 0 Å². The van der Waals surface area contributed by atoms with Gasteiger partial charge < -0.3 is 15.4 Å². The molecule has 1 aromatic rings. The van der Waals surface area contributed by atoms with Gasteiger partial charge in [0.1, 0.15) is 5.75 Å². The molecule has 0 saturated carbocycles. The van der Waals surface area contributed by atoms with Crippen molar-refractivity contribution in [2.24, 2.45) is 0 Å². The molecule has 0 radical (unpaired) electrons. The number of hydrogen-bond donors (Lipinski definition) is 2. The van der Waals surface area contributed by atoms with Crippen molar-refractivity contribution in [3.8, 4) is 5.75 Å². The minimum absolute atomic E-state index is 0.0212. The number of hydrogen-bond acceptors (Lipinski definition) is 3. The van der Waals surface area contributed by atoms with Crippen molar-refractivity contribution in [2.45, 2.75) is 33.4 Å². The smallest absolute Gasteiger partial charge is 0.258 e. The lowest BCUT2D eigenvalue weighted by molar-refractivity contribution is -0.122. The molecule has 0 aromatic heterocycles. The van der Waals surface area contributed by atoms with E-state index in [-0.39, 0.29) is 12.5 Å². The van der Waals surface area contributed by atoms with Crippen LogP contribution >= 0.6 is 0 Å². The minimum atomic E-state index is -0.143. The summed E-state index contributed by atoms with van der Waals surface area (Å²) in [5, 5.41) is 6.05. The highest BCUT2D eigenvalue weighted by Crippen LogP contribution is 2.23. The fraction of sp³-hybridized carbons (Fsp3) is 0.438. The predicted octanol–water partition coefficient (Wildman–Crippen LogP) is 2.17. The first-order chi connectivity index (χ1) is 9.54. The van der Waals surface area contributed by atoms with Gasteiger partial charge in [0.05, 0.1) is 0 Å². The van der Waals surface area contributed by atoms with E-state index in [0.717, 1.165) is 23.4 Å². The van der Waals surface area contributed by atoms with Crippen LogP contribution in [0.25, 0.3) is 0 Å². The quantitative estimate of drug-likeness (QED) is 0.716. The number of benzene rings is 1. The van der Waals surface area contributed by atoms with Crippen LogP contribution in [0.4, 0.5) is 0 Å². The van der Waals surface area contributed by atoms with Crippen LogP contribution in [-0.2, 0) is 11.3 Å².